The van der Waals surface area contributed by atoms with Gasteiger partial charge < -0.3 is 0 Å². The zero-order valence-electron chi connectivity index (χ0n) is 28.0. The Morgan fingerprint density at radius 3 is 1.71 bits per heavy atom. The zero-order chi connectivity index (χ0) is 33.7. The average Bonchev–Trinajstić information content (AvgIpc) is 3.60. The minimum absolute atomic E-state index is 0.971. The summed E-state index contributed by atoms with van der Waals surface area (Å²) in [7, 11) is 0. The van der Waals surface area contributed by atoms with Crippen molar-refractivity contribution in [2.75, 3.05) is 0 Å². The van der Waals surface area contributed by atoms with Gasteiger partial charge >= 0.3 is 0 Å². The first-order chi connectivity index (χ1) is 25.3. The lowest BCUT2D eigenvalue weighted by atomic mass is 9.81. The maximum Gasteiger partial charge on any atom is 0.0715 e. The van der Waals surface area contributed by atoms with Gasteiger partial charge in [0.05, 0.1) is 11.4 Å². The molecule has 0 radical (unpaired) electrons. The molecule has 0 N–H and O–H groups in total. The van der Waals surface area contributed by atoms with Crippen molar-refractivity contribution < 1.29 is 0 Å². The second kappa shape index (κ2) is 12.4. The maximum absolute atomic E-state index is 5.21. The summed E-state index contributed by atoms with van der Waals surface area (Å²) in [4.78, 5) is 5.21. The van der Waals surface area contributed by atoms with Crippen LogP contribution in [0.15, 0.2) is 176 Å². The molecule has 0 fully saturated rings. The van der Waals surface area contributed by atoms with E-state index < -0.39 is 0 Å². The van der Waals surface area contributed by atoms with Crippen LogP contribution in [-0.2, 0) is 12.8 Å². The molecule has 2 heterocycles. The SMILES string of the molecule is c1ccc(-c2cc(-c3cc(-c4cccc5c4CCc4ccccc4-5)cc(-c4cccc5c4sc4ccccc45)c3)cc(-c3ccccc3)n2)cc1. The van der Waals surface area contributed by atoms with Crippen molar-refractivity contribution in [3.05, 3.63) is 187 Å². The summed E-state index contributed by atoms with van der Waals surface area (Å²) in [6, 6.07) is 64.2. The lowest BCUT2D eigenvalue weighted by molar-refractivity contribution is 0.944. The van der Waals surface area contributed by atoms with Crippen LogP contribution in [-0.4, -0.2) is 4.98 Å². The highest BCUT2D eigenvalue weighted by Crippen LogP contribution is 2.44. The van der Waals surface area contributed by atoms with E-state index in [4.69, 9.17) is 4.98 Å². The fourth-order valence-electron chi connectivity index (χ4n) is 7.93. The van der Waals surface area contributed by atoms with Gasteiger partial charge in [-0.3, -0.25) is 0 Å². The van der Waals surface area contributed by atoms with Crippen molar-refractivity contribution in [1.29, 1.82) is 0 Å². The van der Waals surface area contributed by atoms with Crippen molar-refractivity contribution in [3.63, 3.8) is 0 Å². The van der Waals surface area contributed by atoms with Crippen LogP contribution in [0.1, 0.15) is 11.1 Å². The van der Waals surface area contributed by atoms with E-state index in [2.05, 4.69) is 176 Å². The lowest BCUT2D eigenvalue weighted by Gasteiger charge is -2.23. The molecule has 0 unspecified atom stereocenters. The van der Waals surface area contributed by atoms with E-state index in [1.807, 2.05) is 11.3 Å². The van der Waals surface area contributed by atoms with Gasteiger partial charge in [-0.25, -0.2) is 4.98 Å². The van der Waals surface area contributed by atoms with Gasteiger partial charge in [0.25, 0.3) is 0 Å². The summed E-state index contributed by atoms with van der Waals surface area (Å²) in [5, 5.41) is 2.64. The predicted molar refractivity (Wildman–Crippen MR) is 217 cm³/mol. The van der Waals surface area contributed by atoms with Gasteiger partial charge in [0.15, 0.2) is 0 Å². The Hall–Kier alpha value is -6.09. The largest absolute Gasteiger partial charge is 0.248 e. The molecule has 0 aliphatic heterocycles. The Kier molecular flexibility index (Phi) is 7.22. The van der Waals surface area contributed by atoms with Crippen molar-refractivity contribution >= 4 is 31.5 Å². The van der Waals surface area contributed by atoms with Gasteiger partial charge in [-0.15, -0.1) is 11.3 Å². The third-order valence-corrected chi connectivity index (χ3v) is 11.6. The fraction of sp³-hybridized carbons (Fsp3) is 0.0408. The predicted octanol–water partition coefficient (Wildman–Crippen LogP) is 13.6. The van der Waals surface area contributed by atoms with Gasteiger partial charge in [0, 0.05) is 31.3 Å². The summed E-state index contributed by atoms with van der Waals surface area (Å²) in [6.45, 7) is 0. The number of pyridine rings is 1. The molecule has 0 bridgehead atoms. The Morgan fingerprint density at radius 2 is 0.922 bits per heavy atom. The summed E-state index contributed by atoms with van der Waals surface area (Å²) in [6.07, 6.45) is 2.08. The number of thiophene rings is 1. The highest BCUT2D eigenvalue weighted by atomic mass is 32.1. The zero-order valence-corrected chi connectivity index (χ0v) is 28.8. The van der Waals surface area contributed by atoms with E-state index in [1.165, 1.54) is 70.2 Å². The molecule has 0 atom stereocenters. The second-order valence-corrected chi connectivity index (χ2v) is 14.5. The van der Waals surface area contributed by atoms with Crippen molar-refractivity contribution in [2.45, 2.75) is 12.8 Å². The molecule has 9 aromatic rings. The van der Waals surface area contributed by atoms with Crippen LogP contribution in [0.2, 0.25) is 0 Å². The number of rotatable bonds is 5. The van der Waals surface area contributed by atoms with Crippen LogP contribution < -0.4 is 0 Å². The second-order valence-electron chi connectivity index (χ2n) is 13.4. The van der Waals surface area contributed by atoms with E-state index in [0.29, 0.717) is 0 Å². The average molecular weight is 668 g/mol. The van der Waals surface area contributed by atoms with Crippen LogP contribution in [0.5, 0.6) is 0 Å². The molecular weight excluding hydrogens is 635 g/mol. The number of benzene rings is 7. The molecule has 1 nitrogen and oxygen atoms in total. The van der Waals surface area contributed by atoms with Gasteiger partial charge in [0.2, 0.25) is 0 Å². The molecule has 0 amide bonds. The van der Waals surface area contributed by atoms with Crippen LogP contribution in [0.25, 0.3) is 87.2 Å². The monoisotopic (exact) mass is 667 g/mol. The highest BCUT2D eigenvalue weighted by molar-refractivity contribution is 7.26. The van der Waals surface area contributed by atoms with E-state index >= 15 is 0 Å². The summed E-state index contributed by atoms with van der Waals surface area (Å²) >= 11 is 1.89. The maximum atomic E-state index is 5.21. The molecule has 0 saturated carbocycles. The van der Waals surface area contributed by atoms with Crippen LogP contribution in [0.4, 0.5) is 0 Å². The fourth-order valence-corrected chi connectivity index (χ4v) is 9.17. The molecule has 2 aromatic heterocycles. The molecule has 240 valence electrons. The normalized spacial score (nSPS) is 12.2. The molecule has 51 heavy (non-hydrogen) atoms. The van der Waals surface area contributed by atoms with Gasteiger partial charge in [-0.05, 0) is 105 Å². The van der Waals surface area contributed by atoms with Crippen LogP contribution >= 0.6 is 11.3 Å². The summed E-state index contributed by atoms with van der Waals surface area (Å²) < 4.78 is 2.65. The molecule has 0 saturated heterocycles. The van der Waals surface area contributed by atoms with Crippen LogP contribution in [0, 0.1) is 0 Å². The third-order valence-electron chi connectivity index (χ3n) is 10.4. The number of aryl methyl sites for hydroxylation is 1. The molecule has 2 heteroatoms. The first-order valence-electron chi connectivity index (χ1n) is 17.7. The molecule has 0 spiro atoms. The first kappa shape index (κ1) is 29.8. The van der Waals surface area contributed by atoms with Crippen molar-refractivity contribution in [3.8, 4) is 67.0 Å². The molecule has 1 aliphatic carbocycles. The number of hydrogen-bond donors (Lipinski definition) is 0. The van der Waals surface area contributed by atoms with Gasteiger partial charge in [-0.2, -0.15) is 0 Å². The molecule has 10 rings (SSSR count). The quantitative estimate of drug-likeness (QED) is 0.178. The van der Waals surface area contributed by atoms with Crippen molar-refractivity contribution in [1.82, 2.24) is 4.98 Å². The Labute approximate surface area is 302 Å². The van der Waals surface area contributed by atoms with Gasteiger partial charge in [-0.1, -0.05) is 140 Å². The van der Waals surface area contributed by atoms with E-state index in [1.54, 1.807) is 0 Å². The van der Waals surface area contributed by atoms with E-state index in [-0.39, 0.29) is 0 Å². The first-order valence-corrected chi connectivity index (χ1v) is 18.5. The smallest absolute Gasteiger partial charge is 0.0715 e. The minimum atomic E-state index is 0.971. The third kappa shape index (κ3) is 5.28. The van der Waals surface area contributed by atoms with Crippen molar-refractivity contribution in [2.24, 2.45) is 0 Å². The Morgan fingerprint density at radius 1 is 0.373 bits per heavy atom. The van der Waals surface area contributed by atoms with E-state index in [0.717, 1.165) is 40.9 Å². The number of fused-ring (bicyclic) bond motifs is 6. The minimum Gasteiger partial charge on any atom is -0.248 e. The molecule has 1 aliphatic rings. The van der Waals surface area contributed by atoms with Gasteiger partial charge in [0.1, 0.15) is 0 Å². The molecular formula is C49H33NS. The summed E-state index contributed by atoms with van der Waals surface area (Å²) in [5.41, 5.74) is 17.2. The topological polar surface area (TPSA) is 12.9 Å². The number of nitrogens with zero attached hydrogens (tertiary/aromatic N) is 1. The Balaban J connectivity index is 1.24. The van der Waals surface area contributed by atoms with E-state index in [9.17, 15) is 0 Å². The highest BCUT2D eigenvalue weighted by Gasteiger charge is 2.21. The summed E-state index contributed by atoms with van der Waals surface area (Å²) in [5.74, 6) is 0. The van der Waals surface area contributed by atoms with Crippen LogP contribution in [0.3, 0.4) is 0 Å². The number of hydrogen-bond acceptors (Lipinski definition) is 2. The molecule has 7 aromatic carbocycles. The Bertz CT molecular complexity index is 2680. The lowest BCUT2D eigenvalue weighted by Crippen LogP contribution is -2.05. The standard InChI is InChI=1S/C49H33NS/c1-3-14-33(15-4-1)46-30-36(31-47(50-46)34-16-5-2-6-17-34)35-27-37(40-20-11-22-42-39-18-8-7-13-32(39)25-26-43(40)42)29-38(28-35)41-21-12-23-45-44-19-9-10-24-48(44)51-49(41)45/h1-24,27-31H,25-26H2. The number of aromatic nitrogens is 1.